The van der Waals surface area contributed by atoms with Crippen LogP contribution in [0.15, 0.2) is 18.2 Å². The first kappa shape index (κ1) is 15.2. The van der Waals surface area contributed by atoms with E-state index in [1.54, 1.807) is 26.0 Å². The standard InChI is InChI=1S/C13H12ClO3.Cr/c1-13(2)9(10(13)12(16)17)11(15)7-4-3-5-8(14)6-7;/h3-4,6,9-10H,1-2H3,(H,16,17);/q-1;. The van der Waals surface area contributed by atoms with E-state index in [0.717, 1.165) is 0 Å². The Morgan fingerprint density at radius 2 is 2.00 bits per heavy atom. The maximum absolute atomic E-state index is 12.2. The molecule has 1 aromatic carbocycles. The summed E-state index contributed by atoms with van der Waals surface area (Å²) in [5.74, 6) is -2.13. The Bertz CT molecular complexity index is 499. The van der Waals surface area contributed by atoms with Crippen molar-refractivity contribution in [1.29, 1.82) is 0 Å². The van der Waals surface area contributed by atoms with Crippen molar-refractivity contribution in [2.24, 2.45) is 17.3 Å². The number of rotatable bonds is 3. The SMILES string of the molecule is CC1(C)C(C(=O)O)C1C(=O)c1cc[c-]c(Cl)c1.[Cr]. The van der Waals surface area contributed by atoms with Crippen LogP contribution in [0.2, 0.25) is 5.02 Å². The molecular formula is C13H12ClCrO3-. The van der Waals surface area contributed by atoms with Crippen LogP contribution < -0.4 is 0 Å². The third-order valence-corrected chi connectivity index (χ3v) is 3.64. The summed E-state index contributed by atoms with van der Waals surface area (Å²) in [6, 6.07) is 7.45. The Kier molecular flexibility index (Phi) is 4.27. The molecule has 1 aliphatic rings. The number of hydrogen-bond donors (Lipinski definition) is 1. The maximum Gasteiger partial charge on any atom is 0.307 e. The van der Waals surface area contributed by atoms with E-state index in [4.69, 9.17) is 16.7 Å². The summed E-state index contributed by atoms with van der Waals surface area (Å²) < 4.78 is 0. The number of Topliss-reactive ketones (excluding diaryl/α,β-unsaturated/α-hetero) is 1. The minimum Gasteiger partial charge on any atom is -0.481 e. The molecule has 18 heavy (non-hydrogen) atoms. The second-order valence-electron chi connectivity index (χ2n) is 4.90. The fourth-order valence-corrected chi connectivity index (χ4v) is 2.54. The third-order valence-electron chi connectivity index (χ3n) is 3.43. The Hall–Kier alpha value is -0.818. The molecule has 2 rings (SSSR count). The summed E-state index contributed by atoms with van der Waals surface area (Å²) in [4.78, 5) is 23.2. The van der Waals surface area contributed by atoms with Crippen LogP contribution in [-0.4, -0.2) is 16.9 Å². The molecule has 5 heteroatoms. The number of aliphatic carboxylic acids is 1. The van der Waals surface area contributed by atoms with Gasteiger partial charge in [-0.3, -0.25) is 9.59 Å². The van der Waals surface area contributed by atoms with Crippen molar-refractivity contribution in [2.75, 3.05) is 0 Å². The van der Waals surface area contributed by atoms with Gasteiger partial charge in [0.15, 0.2) is 0 Å². The van der Waals surface area contributed by atoms with Crippen LogP contribution in [0.3, 0.4) is 0 Å². The zero-order chi connectivity index (χ0) is 12.8. The number of carboxylic acids is 1. The van der Waals surface area contributed by atoms with Gasteiger partial charge in [-0.05, 0) is 5.41 Å². The van der Waals surface area contributed by atoms with Gasteiger partial charge < -0.3 is 5.11 Å². The van der Waals surface area contributed by atoms with Crippen LogP contribution in [0.1, 0.15) is 24.2 Å². The van der Waals surface area contributed by atoms with Crippen molar-refractivity contribution >= 4 is 23.4 Å². The van der Waals surface area contributed by atoms with Gasteiger partial charge >= 0.3 is 5.97 Å². The first-order chi connectivity index (χ1) is 7.85. The smallest absolute Gasteiger partial charge is 0.307 e. The van der Waals surface area contributed by atoms with Crippen molar-refractivity contribution < 1.29 is 32.1 Å². The van der Waals surface area contributed by atoms with Crippen molar-refractivity contribution in [3.8, 4) is 0 Å². The van der Waals surface area contributed by atoms with E-state index in [1.807, 2.05) is 0 Å². The van der Waals surface area contributed by atoms with Crippen molar-refractivity contribution in [1.82, 2.24) is 0 Å². The van der Waals surface area contributed by atoms with E-state index < -0.39 is 23.2 Å². The first-order valence-corrected chi connectivity index (χ1v) is 5.67. The molecule has 2 atom stereocenters. The average Bonchev–Trinajstić information content (AvgIpc) is 2.80. The van der Waals surface area contributed by atoms with Crippen LogP contribution in [-0.2, 0) is 22.2 Å². The van der Waals surface area contributed by atoms with Gasteiger partial charge in [0, 0.05) is 23.3 Å². The third kappa shape index (κ3) is 2.47. The van der Waals surface area contributed by atoms with Crippen LogP contribution in [0, 0.1) is 23.3 Å². The molecule has 1 N–H and O–H groups in total. The van der Waals surface area contributed by atoms with Crippen molar-refractivity contribution in [3.05, 3.63) is 34.9 Å². The molecule has 2 unspecified atom stereocenters. The fraction of sp³-hybridized carbons (Fsp3) is 0.385. The number of carbonyl (C=O) groups is 2. The molecule has 0 spiro atoms. The second-order valence-corrected chi connectivity index (χ2v) is 5.31. The van der Waals surface area contributed by atoms with Gasteiger partial charge in [-0.25, -0.2) is 0 Å². The predicted octanol–water partition coefficient (Wildman–Crippen LogP) is 2.68. The van der Waals surface area contributed by atoms with Crippen LogP contribution in [0.25, 0.3) is 0 Å². The molecule has 0 heterocycles. The molecule has 0 radical (unpaired) electrons. The summed E-state index contributed by atoms with van der Waals surface area (Å²) in [6.45, 7) is 3.59. The first-order valence-electron chi connectivity index (χ1n) is 5.30. The fourth-order valence-electron chi connectivity index (χ4n) is 2.36. The van der Waals surface area contributed by atoms with Crippen LogP contribution in [0.5, 0.6) is 0 Å². The molecule has 0 aliphatic heterocycles. The Morgan fingerprint density at radius 3 is 2.44 bits per heavy atom. The number of carbonyl (C=O) groups excluding carboxylic acids is 1. The molecule has 3 nitrogen and oxygen atoms in total. The summed E-state index contributed by atoms with van der Waals surface area (Å²) in [7, 11) is 0. The van der Waals surface area contributed by atoms with Crippen molar-refractivity contribution in [3.63, 3.8) is 0 Å². The molecule has 0 bridgehead atoms. The van der Waals surface area contributed by atoms with E-state index in [9.17, 15) is 9.59 Å². The van der Waals surface area contributed by atoms with Crippen molar-refractivity contribution in [2.45, 2.75) is 13.8 Å². The number of hydrogen-bond acceptors (Lipinski definition) is 2. The second kappa shape index (κ2) is 5.05. The number of carboxylic acid groups (broad SMARTS) is 1. The average molecular weight is 304 g/mol. The molecule has 1 saturated carbocycles. The van der Waals surface area contributed by atoms with Crippen LogP contribution in [0.4, 0.5) is 0 Å². The largest absolute Gasteiger partial charge is 0.481 e. The summed E-state index contributed by atoms with van der Waals surface area (Å²) >= 11 is 5.76. The van der Waals surface area contributed by atoms with E-state index in [0.29, 0.717) is 10.6 Å². The minimum atomic E-state index is -0.915. The number of benzene rings is 1. The van der Waals surface area contributed by atoms with Gasteiger partial charge in [-0.1, -0.05) is 24.4 Å². The molecule has 1 aromatic rings. The van der Waals surface area contributed by atoms with Gasteiger partial charge in [0.2, 0.25) is 0 Å². The Labute approximate surface area is 121 Å². The minimum absolute atomic E-state index is 0. The van der Waals surface area contributed by atoms with Gasteiger partial charge in [0.25, 0.3) is 0 Å². The predicted molar refractivity (Wildman–Crippen MR) is 63.0 cm³/mol. The summed E-state index contributed by atoms with van der Waals surface area (Å²) in [5.41, 5.74) is -0.0230. The summed E-state index contributed by atoms with van der Waals surface area (Å²) in [5, 5.41) is 9.39. The quantitative estimate of drug-likeness (QED) is 0.690. The van der Waals surface area contributed by atoms with Gasteiger partial charge in [0.1, 0.15) is 5.78 Å². The van der Waals surface area contributed by atoms with E-state index in [-0.39, 0.29) is 23.1 Å². The molecule has 96 valence electrons. The normalized spacial score (nSPS) is 23.9. The van der Waals surface area contributed by atoms with E-state index in [1.165, 1.54) is 6.07 Å². The molecule has 1 aliphatic carbocycles. The van der Waals surface area contributed by atoms with Gasteiger partial charge in [-0.15, -0.1) is 17.7 Å². The molecular weight excluding hydrogens is 292 g/mol. The zero-order valence-electron chi connectivity index (χ0n) is 9.94. The zero-order valence-corrected chi connectivity index (χ0v) is 12.0. The van der Waals surface area contributed by atoms with E-state index >= 15 is 0 Å². The topological polar surface area (TPSA) is 54.4 Å². The van der Waals surface area contributed by atoms with E-state index in [2.05, 4.69) is 6.07 Å². The molecule has 1 fully saturated rings. The molecule has 0 aromatic heterocycles. The Balaban J connectivity index is 0.00000162. The number of halogens is 1. The van der Waals surface area contributed by atoms with Gasteiger partial charge in [-0.2, -0.15) is 18.2 Å². The number of ketones is 1. The summed E-state index contributed by atoms with van der Waals surface area (Å²) in [6.07, 6.45) is 0. The monoisotopic (exact) mass is 303 g/mol. The van der Waals surface area contributed by atoms with Crippen LogP contribution >= 0.6 is 11.6 Å². The molecule has 0 saturated heterocycles. The van der Waals surface area contributed by atoms with Gasteiger partial charge in [0.05, 0.1) is 5.92 Å². The Morgan fingerprint density at radius 1 is 1.39 bits per heavy atom. The maximum atomic E-state index is 12.2. The molecule has 0 amide bonds.